The van der Waals surface area contributed by atoms with E-state index in [9.17, 15) is 14.4 Å². The topological polar surface area (TPSA) is 92.7 Å². The predicted molar refractivity (Wildman–Crippen MR) is 151 cm³/mol. The van der Waals surface area contributed by atoms with Crippen LogP contribution in [0.4, 0.5) is 0 Å². The summed E-state index contributed by atoms with van der Waals surface area (Å²) in [5.41, 5.74) is 3.36. The van der Waals surface area contributed by atoms with Gasteiger partial charge in [-0.1, -0.05) is 81.8 Å². The van der Waals surface area contributed by atoms with Gasteiger partial charge in [0, 0.05) is 17.9 Å². The zero-order valence-corrected chi connectivity index (χ0v) is 23.3. The lowest BCUT2D eigenvalue weighted by atomic mass is 9.98. The van der Waals surface area contributed by atoms with E-state index in [4.69, 9.17) is 9.84 Å². The zero-order valence-electron chi connectivity index (χ0n) is 22.5. The number of carbonyl (C=O) groups excluding carboxylic acids is 2. The van der Waals surface area contributed by atoms with Crippen LogP contribution in [0.5, 0.6) is 0 Å². The van der Waals surface area contributed by atoms with Crippen LogP contribution in [0.3, 0.4) is 0 Å². The largest absolute Gasteiger partial charge is 0.481 e. The van der Waals surface area contributed by atoms with E-state index in [-0.39, 0.29) is 23.9 Å². The van der Waals surface area contributed by atoms with Gasteiger partial charge in [-0.15, -0.1) is 11.8 Å². The molecule has 1 fully saturated rings. The maximum Gasteiger partial charge on any atom is 0.312 e. The smallest absolute Gasteiger partial charge is 0.312 e. The number of cyclic esters (lactones) is 1. The summed E-state index contributed by atoms with van der Waals surface area (Å²) in [7, 11) is 0. The van der Waals surface area contributed by atoms with Crippen LogP contribution in [0.1, 0.15) is 99.5 Å². The first-order valence-electron chi connectivity index (χ1n) is 14.0. The minimum Gasteiger partial charge on any atom is -0.481 e. The van der Waals surface area contributed by atoms with E-state index in [1.54, 1.807) is 11.8 Å². The lowest BCUT2D eigenvalue weighted by Gasteiger charge is -2.30. The molecule has 0 bridgehead atoms. The van der Waals surface area contributed by atoms with E-state index in [2.05, 4.69) is 36.5 Å². The number of carboxylic acid groups (broad SMARTS) is 1. The molecule has 0 aromatic heterocycles. The highest BCUT2D eigenvalue weighted by Crippen LogP contribution is 2.42. The molecule has 1 aliphatic rings. The van der Waals surface area contributed by atoms with Crippen LogP contribution in [0.2, 0.25) is 0 Å². The molecule has 2 unspecified atom stereocenters. The van der Waals surface area contributed by atoms with Crippen LogP contribution < -0.4 is 5.32 Å². The van der Waals surface area contributed by atoms with Gasteiger partial charge in [0.2, 0.25) is 5.91 Å². The van der Waals surface area contributed by atoms with Crippen molar-refractivity contribution in [3.63, 3.8) is 0 Å². The molecule has 2 atom stereocenters. The number of hydrogen-bond donors (Lipinski definition) is 2. The first kappa shape index (κ1) is 29.8. The summed E-state index contributed by atoms with van der Waals surface area (Å²) in [6.45, 7) is 2.51. The Morgan fingerprint density at radius 1 is 1.03 bits per heavy atom. The second-order valence-corrected chi connectivity index (χ2v) is 11.3. The number of unbranched alkanes of at least 4 members (excludes halogenated alkanes) is 6. The van der Waals surface area contributed by atoms with Crippen molar-refractivity contribution >= 4 is 29.6 Å². The number of esters is 1. The van der Waals surface area contributed by atoms with E-state index in [0.29, 0.717) is 6.42 Å². The Morgan fingerprint density at radius 2 is 1.76 bits per heavy atom. The van der Waals surface area contributed by atoms with Gasteiger partial charge < -0.3 is 15.2 Å². The number of ether oxygens (including phenoxy) is 1. The van der Waals surface area contributed by atoms with Crippen molar-refractivity contribution in [3.05, 3.63) is 65.2 Å². The Hall–Kier alpha value is -2.80. The summed E-state index contributed by atoms with van der Waals surface area (Å²) in [6, 6.07) is 16.6. The lowest BCUT2D eigenvalue weighted by molar-refractivity contribution is -0.153. The molecule has 1 amide bonds. The second-order valence-electron chi connectivity index (χ2n) is 10.1. The van der Waals surface area contributed by atoms with Crippen LogP contribution in [0, 0.1) is 0 Å². The Kier molecular flexibility index (Phi) is 12.7. The number of amides is 1. The van der Waals surface area contributed by atoms with Gasteiger partial charge >= 0.3 is 11.9 Å². The molecule has 1 saturated heterocycles. The first-order chi connectivity index (χ1) is 18.4. The summed E-state index contributed by atoms with van der Waals surface area (Å²) in [6.07, 6.45) is 11.6. The standard InChI is InChI=1S/C31H41NO5S/c1-2-3-4-5-6-7-8-11-23-16-18-25(19-17-23)31(27-14-10-15-30(36)37-27)38-26-13-9-12-24(20-26)22-32-28(33)21-29(34)35/h9,12-13,16-20,27,31H,2-8,10-11,14-15,21-22H2,1H3,(H,32,33)(H,34,35). The fourth-order valence-electron chi connectivity index (χ4n) is 4.74. The van der Waals surface area contributed by atoms with Crippen molar-refractivity contribution in [2.24, 2.45) is 0 Å². The fourth-order valence-corrected chi connectivity index (χ4v) is 6.05. The molecular weight excluding hydrogens is 498 g/mol. The van der Waals surface area contributed by atoms with Crippen LogP contribution >= 0.6 is 11.8 Å². The average molecular weight is 540 g/mol. The average Bonchev–Trinajstić information content (AvgIpc) is 2.90. The third-order valence-corrected chi connectivity index (χ3v) is 8.19. The summed E-state index contributed by atoms with van der Waals surface area (Å²) in [5.74, 6) is -1.80. The Morgan fingerprint density at radius 3 is 2.47 bits per heavy atom. The van der Waals surface area contributed by atoms with Crippen LogP contribution in [0.15, 0.2) is 53.4 Å². The van der Waals surface area contributed by atoms with Crippen molar-refractivity contribution in [2.45, 2.75) is 107 Å². The summed E-state index contributed by atoms with van der Waals surface area (Å²) >= 11 is 1.66. The summed E-state index contributed by atoms with van der Waals surface area (Å²) in [5, 5.41) is 11.4. The van der Waals surface area contributed by atoms with E-state index in [0.717, 1.165) is 35.3 Å². The number of benzene rings is 2. The molecule has 2 aromatic carbocycles. The van der Waals surface area contributed by atoms with Gasteiger partial charge in [-0.25, -0.2) is 0 Å². The molecule has 0 aliphatic carbocycles. The number of rotatable bonds is 16. The second kappa shape index (κ2) is 16.2. The van der Waals surface area contributed by atoms with E-state index in [1.807, 2.05) is 24.3 Å². The van der Waals surface area contributed by atoms with Crippen molar-refractivity contribution in [1.82, 2.24) is 5.32 Å². The highest BCUT2D eigenvalue weighted by Gasteiger charge is 2.30. The van der Waals surface area contributed by atoms with Gasteiger partial charge in [-0.3, -0.25) is 14.4 Å². The molecule has 0 saturated carbocycles. The first-order valence-corrected chi connectivity index (χ1v) is 14.8. The molecule has 1 aliphatic heterocycles. The van der Waals surface area contributed by atoms with Crippen molar-refractivity contribution < 1.29 is 24.2 Å². The maximum absolute atomic E-state index is 12.1. The third kappa shape index (κ3) is 10.5. The minimum absolute atomic E-state index is 0.0382. The van der Waals surface area contributed by atoms with Gasteiger partial charge in [-0.05, 0) is 54.5 Å². The fraction of sp³-hybridized carbons (Fsp3) is 0.516. The molecule has 0 radical (unpaired) electrons. The third-order valence-electron chi connectivity index (χ3n) is 6.83. The number of thioether (sulfide) groups is 1. The lowest BCUT2D eigenvalue weighted by Crippen LogP contribution is -2.28. The van der Waals surface area contributed by atoms with E-state index in [1.165, 1.54) is 50.5 Å². The number of aliphatic carboxylic acids is 1. The number of aryl methyl sites for hydroxylation is 1. The van der Waals surface area contributed by atoms with Crippen molar-refractivity contribution in [3.8, 4) is 0 Å². The van der Waals surface area contributed by atoms with Gasteiger partial charge in [0.15, 0.2) is 0 Å². The van der Waals surface area contributed by atoms with Gasteiger partial charge in [0.25, 0.3) is 0 Å². The molecule has 1 heterocycles. The Balaban J connectivity index is 1.63. The summed E-state index contributed by atoms with van der Waals surface area (Å²) in [4.78, 5) is 35.6. The number of carboxylic acids is 1. The SMILES string of the molecule is CCCCCCCCCc1ccc(C(Sc2cccc(CNC(=O)CC(=O)O)c2)C2CCCC(=O)O2)cc1. The summed E-state index contributed by atoms with van der Waals surface area (Å²) < 4.78 is 5.80. The highest BCUT2D eigenvalue weighted by atomic mass is 32.2. The number of carbonyl (C=O) groups is 3. The van der Waals surface area contributed by atoms with E-state index >= 15 is 0 Å². The minimum atomic E-state index is -1.15. The molecule has 2 aromatic rings. The quantitative estimate of drug-likeness (QED) is 0.103. The highest BCUT2D eigenvalue weighted by molar-refractivity contribution is 7.99. The monoisotopic (exact) mass is 539 g/mol. The van der Waals surface area contributed by atoms with Gasteiger partial charge in [0.05, 0.1) is 5.25 Å². The molecule has 3 rings (SSSR count). The number of nitrogens with one attached hydrogen (secondary N) is 1. The van der Waals surface area contributed by atoms with E-state index < -0.39 is 18.3 Å². The van der Waals surface area contributed by atoms with Crippen LogP contribution in [-0.2, 0) is 32.1 Å². The normalized spacial score (nSPS) is 16.0. The van der Waals surface area contributed by atoms with Crippen molar-refractivity contribution in [2.75, 3.05) is 0 Å². The molecule has 206 valence electrons. The van der Waals surface area contributed by atoms with Gasteiger partial charge in [-0.2, -0.15) is 0 Å². The Bertz CT molecular complexity index is 1040. The molecular formula is C31H41NO5S. The Labute approximate surface area is 230 Å². The molecule has 6 nitrogen and oxygen atoms in total. The van der Waals surface area contributed by atoms with Gasteiger partial charge in [0.1, 0.15) is 12.5 Å². The molecule has 7 heteroatoms. The van der Waals surface area contributed by atoms with Crippen LogP contribution in [0.25, 0.3) is 0 Å². The molecule has 2 N–H and O–H groups in total. The molecule has 0 spiro atoms. The molecule has 38 heavy (non-hydrogen) atoms. The van der Waals surface area contributed by atoms with Crippen molar-refractivity contribution in [1.29, 1.82) is 0 Å². The predicted octanol–water partition coefficient (Wildman–Crippen LogP) is 7.00. The number of hydrogen-bond acceptors (Lipinski definition) is 5. The van der Waals surface area contributed by atoms with Crippen LogP contribution in [-0.4, -0.2) is 29.1 Å². The maximum atomic E-state index is 12.1. The zero-order chi connectivity index (χ0) is 27.2.